The highest BCUT2D eigenvalue weighted by Crippen LogP contribution is 2.23. The van der Waals surface area contributed by atoms with Crippen LogP contribution in [0.15, 0.2) is 29.2 Å². The lowest BCUT2D eigenvalue weighted by atomic mass is 10.1. The molecule has 1 amide bonds. The predicted octanol–water partition coefficient (Wildman–Crippen LogP) is 2.41. The first-order valence-corrected chi connectivity index (χ1v) is 8.47. The lowest BCUT2D eigenvalue weighted by molar-refractivity contribution is 0.0998. The minimum atomic E-state index is -0.753. The fourth-order valence-corrected chi connectivity index (χ4v) is 3.21. The maximum atomic E-state index is 14.4. The van der Waals surface area contributed by atoms with E-state index in [1.54, 1.807) is 16.7 Å². The summed E-state index contributed by atoms with van der Waals surface area (Å²) < 4.78 is 21.6. The summed E-state index contributed by atoms with van der Waals surface area (Å²) in [5, 5.41) is 0. The summed E-state index contributed by atoms with van der Waals surface area (Å²) in [6.45, 7) is 2.76. The number of ether oxygens (including phenoxy) is 1. The molecule has 25 heavy (non-hydrogen) atoms. The Morgan fingerprint density at radius 2 is 2.16 bits per heavy atom. The Kier molecular flexibility index (Phi) is 4.88. The minimum absolute atomic E-state index is 0.0380. The Balaban J connectivity index is 1.96. The molecule has 0 aliphatic heterocycles. The molecule has 1 aromatic heterocycles. The third-order valence-electron chi connectivity index (χ3n) is 4.44. The lowest BCUT2D eigenvalue weighted by Gasteiger charge is -2.15. The normalized spacial score (nSPS) is 12.9. The van der Waals surface area contributed by atoms with Crippen LogP contribution in [0.5, 0.6) is 5.75 Å². The van der Waals surface area contributed by atoms with Crippen LogP contribution in [-0.2, 0) is 19.4 Å². The molecule has 0 unspecified atom stereocenters. The first-order chi connectivity index (χ1) is 12.0. The van der Waals surface area contributed by atoms with Crippen molar-refractivity contribution in [2.24, 2.45) is 5.73 Å². The van der Waals surface area contributed by atoms with E-state index in [1.165, 1.54) is 12.3 Å². The third kappa shape index (κ3) is 3.43. The monoisotopic (exact) mass is 344 g/mol. The van der Waals surface area contributed by atoms with Gasteiger partial charge in [-0.1, -0.05) is 13.0 Å². The van der Waals surface area contributed by atoms with Crippen LogP contribution in [-0.4, -0.2) is 17.1 Å². The maximum Gasteiger partial charge on any atom is 0.254 e. The Labute approximate surface area is 145 Å². The first-order valence-electron chi connectivity index (χ1n) is 8.47. The number of carbonyl (C=O) groups excluding carboxylic acids is 1. The molecule has 0 saturated carbocycles. The van der Waals surface area contributed by atoms with Crippen molar-refractivity contribution in [3.8, 4) is 5.75 Å². The quantitative estimate of drug-likeness (QED) is 0.874. The lowest BCUT2D eigenvalue weighted by Crippen LogP contribution is -2.27. The van der Waals surface area contributed by atoms with E-state index in [4.69, 9.17) is 10.5 Å². The van der Waals surface area contributed by atoms with Gasteiger partial charge < -0.3 is 15.0 Å². The van der Waals surface area contributed by atoms with Crippen molar-refractivity contribution in [3.63, 3.8) is 0 Å². The zero-order valence-electron chi connectivity index (χ0n) is 14.2. The van der Waals surface area contributed by atoms with E-state index in [1.807, 2.05) is 6.92 Å². The molecule has 1 aliphatic rings. The summed E-state index contributed by atoms with van der Waals surface area (Å²) in [5.41, 5.74) is 6.95. The highest BCUT2D eigenvalue weighted by molar-refractivity contribution is 5.92. The molecule has 1 aliphatic carbocycles. The van der Waals surface area contributed by atoms with Crippen LogP contribution in [0.25, 0.3) is 0 Å². The Morgan fingerprint density at radius 1 is 1.36 bits per heavy atom. The summed E-state index contributed by atoms with van der Waals surface area (Å²) in [4.78, 5) is 23.9. The number of nitrogens with two attached hydrogens (primary N) is 1. The van der Waals surface area contributed by atoms with Crippen molar-refractivity contribution >= 4 is 5.91 Å². The molecule has 1 aromatic carbocycles. The third-order valence-corrected chi connectivity index (χ3v) is 4.44. The largest absolute Gasteiger partial charge is 0.494 e. The van der Waals surface area contributed by atoms with Crippen molar-refractivity contribution in [1.82, 2.24) is 4.57 Å². The number of primary amides is 1. The molecule has 2 aromatic rings. The van der Waals surface area contributed by atoms with Gasteiger partial charge in [0.05, 0.1) is 13.2 Å². The molecule has 1 heterocycles. The maximum absolute atomic E-state index is 14.4. The molecule has 0 atom stereocenters. The Bertz CT molecular complexity index is 874. The Hall–Kier alpha value is -2.63. The number of rotatable bonds is 6. The molecule has 0 radical (unpaired) electrons. The summed E-state index contributed by atoms with van der Waals surface area (Å²) in [7, 11) is 0. The molecule has 0 spiro atoms. The van der Waals surface area contributed by atoms with Crippen LogP contribution >= 0.6 is 0 Å². The van der Waals surface area contributed by atoms with Crippen LogP contribution in [0, 0.1) is 5.82 Å². The highest BCUT2D eigenvalue weighted by Gasteiger charge is 2.22. The molecule has 0 saturated heterocycles. The summed E-state index contributed by atoms with van der Waals surface area (Å²) in [6.07, 6.45) is 4.52. The smallest absolute Gasteiger partial charge is 0.254 e. The molecule has 5 nitrogen and oxygen atoms in total. The number of carbonyl (C=O) groups is 1. The average Bonchev–Trinajstić information content (AvgIpc) is 3.07. The van der Waals surface area contributed by atoms with Crippen molar-refractivity contribution in [3.05, 3.63) is 62.8 Å². The van der Waals surface area contributed by atoms with Crippen molar-refractivity contribution in [2.45, 2.75) is 39.2 Å². The van der Waals surface area contributed by atoms with Gasteiger partial charge in [-0.3, -0.25) is 9.59 Å². The van der Waals surface area contributed by atoms with E-state index in [-0.39, 0.29) is 23.4 Å². The molecule has 0 fully saturated rings. The number of hydrogen-bond acceptors (Lipinski definition) is 3. The van der Waals surface area contributed by atoms with Gasteiger partial charge in [-0.2, -0.15) is 0 Å². The number of aromatic nitrogens is 1. The van der Waals surface area contributed by atoms with Gasteiger partial charge in [0.15, 0.2) is 5.43 Å². The fraction of sp³-hybridized carbons (Fsp3) is 0.368. The van der Waals surface area contributed by atoms with E-state index < -0.39 is 5.91 Å². The fourth-order valence-electron chi connectivity index (χ4n) is 3.21. The second-order valence-electron chi connectivity index (χ2n) is 6.24. The number of pyridine rings is 1. The average molecular weight is 344 g/mol. The molecule has 0 bridgehead atoms. The zero-order valence-corrected chi connectivity index (χ0v) is 14.2. The van der Waals surface area contributed by atoms with Gasteiger partial charge in [0.25, 0.3) is 5.91 Å². The number of benzene rings is 1. The summed E-state index contributed by atoms with van der Waals surface area (Å²) >= 11 is 0. The standard InChI is InChI=1S/C19H21FN2O3/c1-2-8-25-13-7-6-12(16(20)9-13)10-22-11-15(19(21)24)18(23)14-4-3-5-17(14)22/h6-7,9,11H,2-5,8,10H2,1H3,(H2,21,24). The van der Waals surface area contributed by atoms with Crippen molar-refractivity contribution < 1.29 is 13.9 Å². The van der Waals surface area contributed by atoms with Gasteiger partial charge in [-0.15, -0.1) is 0 Å². The van der Waals surface area contributed by atoms with Gasteiger partial charge in [0.1, 0.15) is 17.1 Å². The van der Waals surface area contributed by atoms with Crippen LogP contribution in [0.2, 0.25) is 0 Å². The van der Waals surface area contributed by atoms with Crippen LogP contribution in [0.3, 0.4) is 0 Å². The molecule has 3 rings (SSSR count). The summed E-state index contributed by atoms with van der Waals surface area (Å²) in [5.74, 6) is -0.636. The van der Waals surface area contributed by atoms with Gasteiger partial charge in [-0.05, 0) is 31.7 Å². The Morgan fingerprint density at radius 3 is 2.84 bits per heavy atom. The van der Waals surface area contributed by atoms with Gasteiger partial charge >= 0.3 is 0 Å². The minimum Gasteiger partial charge on any atom is -0.494 e. The topological polar surface area (TPSA) is 74.3 Å². The van der Waals surface area contributed by atoms with Crippen LogP contribution in [0.4, 0.5) is 4.39 Å². The SMILES string of the molecule is CCCOc1ccc(Cn2cc(C(N)=O)c(=O)c3c2CCC3)c(F)c1. The van der Waals surface area contributed by atoms with E-state index in [2.05, 4.69) is 0 Å². The van der Waals surface area contributed by atoms with Gasteiger partial charge in [0.2, 0.25) is 0 Å². The number of fused-ring (bicyclic) bond motifs is 1. The number of amides is 1. The molecular formula is C19H21FN2O3. The van der Waals surface area contributed by atoms with Crippen LogP contribution < -0.4 is 15.9 Å². The zero-order chi connectivity index (χ0) is 18.0. The highest BCUT2D eigenvalue weighted by atomic mass is 19.1. The van der Waals surface area contributed by atoms with E-state index in [0.29, 0.717) is 29.9 Å². The predicted molar refractivity (Wildman–Crippen MR) is 92.5 cm³/mol. The number of nitrogens with zero attached hydrogens (tertiary/aromatic N) is 1. The van der Waals surface area contributed by atoms with E-state index in [9.17, 15) is 14.0 Å². The first kappa shape index (κ1) is 17.2. The molecule has 132 valence electrons. The summed E-state index contributed by atoms with van der Waals surface area (Å²) in [6, 6.07) is 4.76. The molecule has 6 heteroatoms. The van der Waals surface area contributed by atoms with Crippen molar-refractivity contribution in [2.75, 3.05) is 6.61 Å². The van der Waals surface area contributed by atoms with Crippen LogP contribution in [0.1, 0.15) is 46.9 Å². The van der Waals surface area contributed by atoms with E-state index >= 15 is 0 Å². The molecular weight excluding hydrogens is 323 g/mol. The van der Waals surface area contributed by atoms with Crippen molar-refractivity contribution in [1.29, 1.82) is 0 Å². The second kappa shape index (κ2) is 7.09. The van der Waals surface area contributed by atoms with Gasteiger partial charge in [0, 0.05) is 29.1 Å². The number of halogens is 1. The second-order valence-corrected chi connectivity index (χ2v) is 6.24. The molecule has 2 N–H and O–H groups in total. The van der Waals surface area contributed by atoms with E-state index in [0.717, 1.165) is 25.0 Å². The number of hydrogen-bond donors (Lipinski definition) is 1. The van der Waals surface area contributed by atoms with Gasteiger partial charge in [-0.25, -0.2) is 4.39 Å².